The molecular formula is C13H17N3O2S. The number of carbonyl (C=O) groups excluding carboxylic acids is 1. The number of H-pyrrole nitrogens is 1. The normalized spacial score (nSPS) is 24.0. The topological polar surface area (TPSA) is 71.3 Å². The van der Waals surface area contributed by atoms with E-state index < -0.39 is 0 Å². The first-order chi connectivity index (χ1) is 9.19. The van der Waals surface area contributed by atoms with E-state index in [0.717, 1.165) is 16.6 Å². The van der Waals surface area contributed by atoms with Crippen LogP contribution in [0.3, 0.4) is 0 Å². The van der Waals surface area contributed by atoms with Crippen molar-refractivity contribution >= 4 is 27.5 Å². The lowest BCUT2D eigenvalue weighted by molar-refractivity contribution is 0.0160. The second-order valence-electron chi connectivity index (χ2n) is 4.86. The van der Waals surface area contributed by atoms with Crippen LogP contribution in [0.1, 0.15) is 16.9 Å². The van der Waals surface area contributed by atoms with Crippen molar-refractivity contribution in [2.24, 2.45) is 5.73 Å². The van der Waals surface area contributed by atoms with Crippen molar-refractivity contribution in [3.05, 3.63) is 23.2 Å². The molecule has 1 saturated heterocycles. The molecule has 0 radical (unpaired) electrons. The third-order valence-electron chi connectivity index (χ3n) is 3.67. The Labute approximate surface area is 115 Å². The maximum absolute atomic E-state index is 12.4. The van der Waals surface area contributed by atoms with Gasteiger partial charge in [0.2, 0.25) is 0 Å². The quantitative estimate of drug-likeness (QED) is 0.873. The molecule has 3 heterocycles. The molecule has 1 fully saturated rings. The van der Waals surface area contributed by atoms with Crippen LogP contribution in [0.2, 0.25) is 0 Å². The third-order valence-corrected chi connectivity index (χ3v) is 4.53. The lowest BCUT2D eigenvalue weighted by Crippen LogP contribution is -2.53. The maximum atomic E-state index is 12.4. The Morgan fingerprint density at radius 2 is 2.47 bits per heavy atom. The first kappa shape index (κ1) is 12.7. The molecule has 3 N–H and O–H groups in total. The zero-order valence-corrected chi connectivity index (χ0v) is 11.6. The molecule has 0 saturated carbocycles. The van der Waals surface area contributed by atoms with E-state index in [-0.39, 0.29) is 18.1 Å². The van der Waals surface area contributed by atoms with Crippen molar-refractivity contribution in [1.82, 2.24) is 9.88 Å². The highest BCUT2D eigenvalue weighted by Crippen LogP contribution is 2.23. The van der Waals surface area contributed by atoms with Crippen molar-refractivity contribution in [2.75, 3.05) is 20.2 Å². The van der Waals surface area contributed by atoms with Gasteiger partial charge in [0.25, 0.3) is 5.91 Å². The number of hydrogen-bond acceptors (Lipinski definition) is 4. The Morgan fingerprint density at radius 1 is 1.63 bits per heavy atom. The molecule has 19 heavy (non-hydrogen) atoms. The van der Waals surface area contributed by atoms with E-state index in [4.69, 9.17) is 10.5 Å². The zero-order valence-electron chi connectivity index (χ0n) is 10.8. The molecule has 0 unspecified atom stereocenters. The largest absolute Gasteiger partial charge is 0.378 e. The number of carbonyl (C=O) groups is 1. The fraction of sp³-hybridized carbons (Fsp3) is 0.462. The maximum Gasteiger partial charge on any atom is 0.270 e. The van der Waals surface area contributed by atoms with Gasteiger partial charge in [-0.05, 0) is 23.9 Å². The van der Waals surface area contributed by atoms with Crippen LogP contribution in [0.25, 0.3) is 10.2 Å². The summed E-state index contributed by atoms with van der Waals surface area (Å²) in [6, 6.07) is 3.92. The van der Waals surface area contributed by atoms with Gasteiger partial charge in [-0.25, -0.2) is 0 Å². The van der Waals surface area contributed by atoms with Crippen LogP contribution >= 0.6 is 11.3 Å². The lowest BCUT2D eigenvalue weighted by Gasteiger charge is -2.35. The van der Waals surface area contributed by atoms with E-state index in [1.54, 1.807) is 18.4 Å². The number of ether oxygens (including phenoxy) is 1. The van der Waals surface area contributed by atoms with Gasteiger partial charge in [-0.15, -0.1) is 11.3 Å². The van der Waals surface area contributed by atoms with Crippen LogP contribution < -0.4 is 5.73 Å². The Hall–Kier alpha value is -1.37. The SMILES string of the molecule is CO[C@@H]1CN(C(=O)c2cc3sccc3[nH]2)CC[C@@H]1N. The van der Waals surface area contributed by atoms with Crippen LogP contribution in [0.4, 0.5) is 0 Å². The fourth-order valence-corrected chi connectivity index (χ4v) is 3.28. The van der Waals surface area contributed by atoms with Crippen molar-refractivity contribution in [3.8, 4) is 0 Å². The number of amides is 1. The van der Waals surface area contributed by atoms with Crippen LogP contribution in [-0.4, -0.2) is 48.1 Å². The van der Waals surface area contributed by atoms with E-state index >= 15 is 0 Å². The molecule has 3 rings (SSSR count). The monoisotopic (exact) mass is 279 g/mol. The van der Waals surface area contributed by atoms with E-state index in [9.17, 15) is 4.79 Å². The highest BCUT2D eigenvalue weighted by atomic mass is 32.1. The minimum Gasteiger partial charge on any atom is -0.378 e. The number of fused-ring (bicyclic) bond motifs is 1. The number of thiophene rings is 1. The van der Waals surface area contributed by atoms with Gasteiger partial charge in [0.15, 0.2) is 0 Å². The molecule has 6 heteroatoms. The summed E-state index contributed by atoms with van der Waals surface area (Å²) in [5, 5.41) is 2.01. The van der Waals surface area contributed by atoms with Gasteiger partial charge in [0, 0.05) is 26.2 Å². The van der Waals surface area contributed by atoms with E-state index in [1.807, 2.05) is 22.4 Å². The molecule has 1 aliphatic rings. The minimum absolute atomic E-state index is 0.0150. The Morgan fingerprint density at radius 3 is 3.21 bits per heavy atom. The van der Waals surface area contributed by atoms with Gasteiger partial charge in [-0.3, -0.25) is 4.79 Å². The number of aromatic nitrogens is 1. The van der Waals surface area contributed by atoms with Crippen LogP contribution in [0.5, 0.6) is 0 Å². The molecule has 2 atom stereocenters. The number of likely N-dealkylation sites (tertiary alicyclic amines) is 1. The molecule has 1 amide bonds. The van der Waals surface area contributed by atoms with E-state index in [2.05, 4.69) is 4.98 Å². The standard InChI is InChI=1S/C13H17N3O2S/c1-18-11-7-16(4-2-8(11)14)13(17)10-6-12-9(15-10)3-5-19-12/h3,5-6,8,11,15H,2,4,7,14H2,1H3/t8-,11+/m0/s1. The average molecular weight is 279 g/mol. The highest BCUT2D eigenvalue weighted by molar-refractivity contribution is 7.17. The molecule has 0 aliphatic carbocycles. The van der Waals surface area contributed by atoms with Gasteiger partial charge in [0.1, 0.15) is 5.69 Å². The smallest absolute Gasteiger partial charge is 0.270 e. The number of piperidine rings is 1. The van der Waals surface area contributed by atoms with E-state index in [1.165, 1.54) is 0 Å². The van der Waals surface area contributed by atoms with E-state index in [0.29, 0.717) is 18.8 Å². The van der Waals surface area contributed by atoms with Gasteiger partial charge < -0.3 is 20.4 Å². The summed E-state index contributed by atoms with van der Waals surface area (Å²) in [5.41, 5.74) is 7.63. The highest BCUT2D eigenvalue weighted by Gasteiger charge is 2.30. The van der Waals surface area contributed by atoms with Crippen molar-refractivity contribution in [1.29, 1.82) is 0 Å². The summed E-state index contributed by atoms with van der Waals surface area (Å²) in [7, 11) is 1.64. The van der Waals surface area contributed by atoms with Gasteiger partial charge in [-0.1, -0.05) is 0 Å². The predicted octanol–water partition coefficient (Wildman–Crippen LogP) is 1.42. The number of methoxy groups -OCH3 is 1. The third kappa shape index (κ3) is 2.27. The Kier molecular flexibility index (Phi) is 3.30. The van der Waals surface area contributed by atoms with Crippen LogP contribution in [0.15, 0.2) is 17.5 Å². The zero-order chi connectivity index (χ0) is 13.4. The number of rotatable bonds is 2. The van der Waals surface area contributed by atoms with Crippen LogP contribution in [-0.2, 0) is 4.74 Å². The molecule has 0 spiro atoms. The number of nitrogens with two attached hydrogens (primary N) is 1. The Balaban J connectivity index is 1.78. The summed E-state index contributed by atoms with van der Waals surface area (Å²) in [5.74, 6) is 0.0253. The second kappa shape index (κ2) is 4.96. The summed E-state index contributed by atoms with van der Waals surface area (Å²) in [6.45, 7) is 1.25. The minimum atomic E-state index is -0.0752. The summed E-state index contributed by atoms with van der Waals surface area (Å²) < 4.78 is 6.45. The number of aromatic amines is 1. The lowest BCUT2D eigenvalue weighted by atomic mass is 10.0. The summed E-state index contributed by atoms with van der Waals surface area (Å²) >= 11 is 1.63. The molecule has 0 aromatic carbocycles. The van der Waals surface area contributed by atoms with Gasteiger partial charge >= 0.3 is 0 Å². The van der Waals surface area contributed by atoms with Crippen molar-refractivity contribution < 1.29 is 9.53 Å². The number of nitrogens with zero attached hydrogens (tertiary/aromatic N) is 1. The first-order valence-corrected chi connectivity index (χ1v) is 7.21. The molecule has 2 aromatic rings. The molecular weight excluding hydrogens is 262 g/mol. The molecule has 0 bridgehead atoms. The van der Waals surface area contributed by atoms with Gasteiger partial charge in [-0.2, -0.15) is 0 Å². The predicted molar refractivity (Wildman–Crippen MR) is 75.5 cm³/mol. The second-order valence-corrected chi connectivity index (χ2v) is 5.81. The van der Waals surface area contributed by atoms with Crippen molar-refractivity contribution in [3.63, 3.8) is 0 Å². The van der Waals surface area contributed by atoms with Crippen molar-refractivity contribution in [2.45, 2.75) is 18.6 Å². The number of nitrogens with one attached hydrogen (secondary N) is 1. The number of hydrogen-bond donors (Lipinski definition) is 2. The Bertz CT molecular complexity index is 563. The molecule has 102 valence electrons. The first-order valence-electron chi connectivity index (χ1n) is 6.33. The fourth-order valence-electron chi connectivity index (χ4n) is 2.50. The van der Waals surface area contributed by atoms with Crippen LogP contribution in [0, 0.1) is 0 Å². The molecule has 5 nitrogen and oxygen atoms in total. The van der Waals surface area contributed by atoms with Gasteiger partial charge in [0.05, 0.1) is 16.3 Å². The molecule has 1 aliphatic heterocycles. The average Bonchev–Trinajstić information content (AvgIpc) is 2.99. The summed E-state index contributed by atoms with van der Waals surface area (Å²) in [6.07, 6.45) is 0.702. The molecule has 2 aromatic heterocycles. The summed E-state index contributed by atoms with van der Waals surface area (Å²) in [4.78, 5) is 17.4.